The maximum absolute atomic E-state index is 12.3. The first kappa shape index (κ1) is 20.5. The van der Waals surface area contributed by atoms with Crippen molar-refractivity contribution in [2.45, 2.75) is 27.4 Å². The molecule has 7 heteroatoms. The Morgan fingerprint density at radius 3 is 2.55 bits per heavy atom. The topological polar surface area (TPSA) is 68.7 Å². The second-order valence-electron chi connectivity index (χ2n) is 6.52. The molecule has 0 saturated heterocycles. The van der Waals surface area contributed by atoms with Crippen molar-refractivity contribution in [1.82, 2.24) is 4.98 Å². The SMILES string of the molecule is COc1ccccc1C(=O)OCc1csc(N(C(C)=O)c2ccc(C)c(C)c2)n1. The molecule has 0 saturated carbocycles. The second-order valence-corrected chi connectivity index (χ2v) is 7.36. The number of carbonyl (C=O) groups excluding carboxylic acids is 2. The van der Waals surface area contributed by atoms with Crippen LogP contribution < -0.4 is 9.64 Å². The van der Waals surface area contributed by atoms with Crippen molar-refractivity contribution in [3.8, 4) is 5.75 Å². The maximum Gasteiger partial charge on any atom is 0.342 e. The molecular weight excluding hydrogens is 388 g/mol. The number of carbonyl (C=O) groups is 2. The Kier molecular flexibility index (Phi) is 6.29. The fraction of sp³-hybridized carbons (Fsp3) is 0.227. The van der Waals surface area contributed by atoms with Crippen LogP contribution in [0.3, 0.4) is 0 Å². The summed E-state index contributed by atoms with van der Waals surface area (Å²) < 4.78 is 10.6. The smallest absolute Gasteiger partial charge is 0.342 e. The van der Waals surface area contributed by atoms with E-state index in [2.05, 4.69) is 4.98 Å². The van der Waals surface area contributed by atoms with Gasteiger partial charge in [-0.15, -0.1) is 11.3 Å². The molecule has 3 aromatic rings. The Hall–Kier alpha value is -3.19. The highest BCUT2D eigenvalue weighted by atomic mass is 32.1. The van der Waals surface area contributed by atoms with Crippen LogP contribution in [0.1, 0.15) is 34.1 Å². The van der Waals surface area contributed by atoms with E-state index in [9.17, 15) is 9.59 Å². The molecule has 3 rings (SSSR count). The van der Waals surface area contributed by atoms with E-state index in [4.69, 9.17) is 9.47 Å². The number of amides is 1. The predicted molar refractivity (Wildman–Crippen MR) is 113 cm³/mol. The molecule has 1 aromatic heterocycles. The molecule has 1 amide bonds. The van der Waals surface area contributed by atoms with E-state index < -0.39 is 5.97 Å². The van der Waals surface area contributed by atoms with Gasteiger partial charge < -0.3 is 9.47 Å². The van der Waals surface area contributed by atoms with Crippen molar-refractivity contribution in [3.05, 3.63) is 70.2 Å². The zero-order valence-corrected chi connectivity index (χ0v) is 17.6. The highest BCUT2D eigenvalue weighted by Gasteiger charge is 2.19. The number of hydrogen-bond acceptors (Lipinski definition) is 6. The largest absolute Gasteiger partial charge is 0.496 e. The summed E-state index contributed by atoms with van der Waals surface area (Å²) in [5.74, 6) is -0.177. The summed E-state index contributed by atoms with van der Waals surface area (Å²) >= 11 is 1.32. The van der Waals surface area contributed by atoms with Crippen molar-refractivity contribution in [2.75, 3.05) is 12.0 Å². The zero-order valence-electron chi connectivity index (χ0n) is 16.8. The molecule has 0 aliphatic heterocycles. The van der Waals surface area contributed by atoms with Gasteiger partial charge in [0.15, 0.2) is 5.13 Å². The molecule has 150 valence electrons. The quantitative estimate of drug-likeness (QED) is 0.546. The Balaban J connectivity index is 1.76. The maximum atomic E-state index is 12.3. The summed E-state index contributed by atoms with van der Waals surface area (Å²) in [4.78, 5) is 30.7. The van der Waals surface area contributed by atoms with Crippen LogP contribution in [0.5, 0.6) is 5.75 Å². The number of para-hydroxylation sites is 1. The molecule has 0 radical (unpaired) electrons. The highest BCUT2D eigenvalue weighted by Crippen LogP contribution is 2.30. The highest BCUT2D eigenvalue weighted by molar-refractivity contribution is 7.14. The van der Waals surface area contributed by atoms with Gasteiger partial charge in [-0.05, 0) is 49.2 Å². The standard InChI is InChI=1S/C22H22N2O4S/c1-14-9-10-18(11-15(14)2)24(16(3)25)22-23-17(13-29-22)12-28-21(26)19-7-5-6-8-20(19)27-4/h5-11,13H,12H2,1-4H3. The lowest BCUT2D eigenvalue weighted by Gasteiger charge is -2.19. The van der Waals surface area contributed by atoms with Crippen molar-refractivity contribution < 1.29 is 19.1 Å². The van der Waals surface area contributed by atoms with Crippen LogP contribution in [-0.2, 0) is 16.1 Å². The van der Waals surface area contributed by atoms with Crippen molar-refractivity contribution >= 4 is 34.0 Å². The third-order valence-electron chi connectivity index (χ3n) is 4.47. The number of thiazole rings is 1. The Bertz CT molecular complexity index is 1040. The van der Waals surface area contributed by atoms with Gasteiger partial charge in [-0.3, -0.25) is 9.69 Å². The first-order valence-electron chi connectivity index (χ1n) is 9.03. The number of aryl methyl sites for hydroxylation is 2. The average molecular weight is 410 g/mol. The fourth-order valence-electron chi connectivity index (χ4n) is 2.79. The van der Waals surface area contributed by atoms with E-state index in [1.807, 2.05) is 32.0 Å². The van der Waals surface area contributed by atoms with E-state index in [0.29, 0.717) is 22.1 Å². The molecule has 0 bridgehead atoms. The molecular formula is C22H22N2O4S. The van der Waals surface area contributed by atoms with Gasteiger partial charge in [-0.2, -0.15) is 0 Å². The monoisotopic (exact) mass is 410 g/mol. The molecule has 2 aromatic carbocycles. The van der Waals surface area contributed by atoms with Crippen LogP contribution in [0, 0.1) is 13.8 Å². The number of benzene rings is 2. The van der Waals surface area contributed by atoms with Gasteiger partial charge in [0.05, 0.1) is 18.5 Å². The number of hydrogen-bond donors (Lipinski definition) is 0. The second kappa shape index (κ2) is 8.87. The number of esters is 1. The lowest BCUT2D eigenvalue weighted by atomic mass is 10.1. The number of nitrogens with zero attached hydrogens (tertiary/aromatic N) is 2. The third-order valence-corrected chi connectivity index (χ3v) is 5.35. The van der Waals surface area contributed by atoms with Crippen LogP contribution in [-0.4, -0.2) is 24.0 Å². The number of rotatable bonds is 6. The van der Waals surface area contributed by atoms with Gasteiger partial charge in [0, 0.05) is 12.3 Å². The molecule has 1 heterocycles. The molecule has 0 unspecified atom stereocenters. The van der Waals surface area contributed by atoms with E-state index >= 15 is 0 Å². The van der Waals surface area contributed by atoms with Crippen LogP contribution in [0.4, 0.5) is 10.8 Å². The molecule has 6 nitrogen and oxygen atoms in total. The lowest BCUT2D eigenvalue weighted by molar-refractivity contribution is -0.115. The summed E-state index contributed by atoms with van der Waals surface area (Å²) in [7, 11) is 1.50. The number of aromatic nitrogens is 1. The summed E-state index contributed by atoms with van der Waals surface area (Å²) in [6.45, 7) is 5.53. The normalized spacial score (nSPS) is 10.5. The minimum absolute atomic E-state index is 0.00600. The predicted octanol–water partition coefficient (Wildman–Crippen LogP) is 4.81. The number of ether oxygens (including phenoxy) is 2. The van der Waals surface area contributed by atoms with Gasteiger partial charge in [-0.1, -0.05) is 18.2 Å². The summed E-state index contributed by atoms with van der Waals surface area (Å²) in [6.07, 6.45) is 0. The summed E-state index contributed by atoms with van der Waals surface area (Å²) in [6, 6.07) is 12.7. The molecule has 0 atom stereocenters. The minimum atomic E-state index is -0.491. The van der Waals surface area contributed by atoms with Crippen LogP contribution >= 0.6 is 11.3 Å². The van der Waals surface area contributed by atoms with Crippen LogP contribution in [0.15, 0.2) is 47.8 Å². The van der Waals surface area contributed by atoms with Gasteiger partial charge in [0.1, 0.15) is 17.9 Å². The zero-order chi connectivity index (χ0) is 21.0. The van der Waals surface area contributed by atoms with E-state index in [0.717, 1.165) is 16.8 Å². The first-order chi connectivity index (χ1) is 13.9. The third kappa shape index (κ3) is 4.63. The van der Waals surface area contributed by atoms with E-state index in [1.54, 1.807) is 34.5 Å². The lowest BCUT2D eigenvalue weighted by Crippen LogP contribution is -2.22. The molecule has 0 spiro atoms. The van der Waals surface area contributed by atoms with E-state index in [1.165, 1.54) is 25.4 Å². The minimum Gasteiger partial charge on any atom is -0.496 e. The van der Waals surface area contributed by atoms with Gasteiger partial charge in [-0.25, -0.2) is 9.78 Å². The molecule has 0 fully saturated rings. The Morgan fingerprint density at radius 2 is 1.86 bits per heavy atom. The first-order valence-corrected chi connectivity index (χ1v) is 9.91. The Labute approximate surface area is 173 Å². The van der Waals surface area contributed by atoms with Crippen LogP contribution in [0.25, 0.3) is 0 Å². The molecule has 0 aliphatic rings. The van der Waals surface area contributed by atoms with Gasteiger partial charge in [0.2, 0.25) is 5.91 Å². The number of anilines is 2. The van der Waals surface area contributed by atoms with Crippen molar-refractivity contribution in [1.29, 1.82) is 0 Å². The van der Waals surface area contributed by atoms with Crippen molar-refractivity contribution in [2.24, 2.45) is 0 Å². The summed E-state index contributed by atoms with van der Waals surface area (Å²) in [5, 5.41) is 2.31. The van der Waals surface area contributed by atoms with E-state index in [-0.39, 0.29) is 12.5 Å². The summed E-state index contributed by atoms with van der Waals surface area (Å²) in [5.41, 5.74) is 3.93. The average Bonchev–Trinajstić information content (AvgIpc) is 3.17. The van der Waals surface area contributed by atoms with Gasteiger partial charge >= 0.3 is 5.97 Å². The molecule has 0 aliphatic carbocycles. The van der Waals surface area contributed by atoms with Crippen LogP contribution in [0.2, 0.25) is 0 Å². The van der Waals surface area contributed by atoms with Gasteiger partial charge in [0.25, 0.3) is 0 Å². The van der Waals surface area contributed by atoms with Crippen molar-refractivity contribution in [3.63, 3.8) is 0 Å². The molecule has 29 heavy (non-hydrogen) atoms. The Morgan fingerprint density at radius 1 is 1.10 bits per heavy atom. The number of methoxy groups -OCH3 is 1. The molecule has 0 N–H and O–H groups in total. The fourth-order valence-corrected chi connectivity index (χ4v) is 3.66.